The summed E-state index contributed by atoms with van der Waals surface area (Å²) < 4.78 is 2.78. The van der Waals surface area contributed by atoms with E-state index in [1.807, 2.05) is 0 Å². The minimum Gasteiger partial charge on any atom is -0.223 e. The van der Waals surface area contributed by atoms with Gasteiger partial charge in [0.1, 0.15) is 24.7 Å². The predicted octanol–water partition coefficient (Wildman–Crippen LogP) is 1.01. The number of fused-ring (bicyclic) bond motifs is 1. The molecule has 0 saturated carbocycles. The molecular formula is C7H3Cl2N7. The lowest BCUT2D eigenvalue weighted by Gasteiger charge is -2.05. The Morgan fingerprint density at radius 2 is 2.00 bits per heavy atom. The molecular weight excluding hydrogens is 253 g/mol. The smallest absolute Gasteiger partial charge is 0.223 e. The highest BCUT2D eigenvalue weighted by Crippen LogP contribution is 2.25. The number of halogens is 2. The Morgan fingerprint density at radius 1 is 1.12 bits per heavy atom. The van der Waals surface area contributed by atoms with Gasteiger partial charge in [0.25, 0.3) is 5.78 Å². The Hall–Kier alpha value is -1.73. The van der Waals surface area contributed by atoms with Crippen LogP contribution < -0.4 is 0 Å². The molecule has 0 fully saturated rings. The Balaban J connectivity index is 2.39. The minimum atomic E-state index is 0.191. The summed E-state index contributed by atoms with van der Waals surface area (Å²) in [6.07, 6.45) is 4.19. The molecule has 0 aliphatic heterocycles. The molecule has 3 aromatic heterocycles. The van der Waals surface area contributed by atoms with Crippen LogP contribution in [-0.4, -0.2) is 34.3 Å². The summed E-state index contributed by atoms with van der Waals surface area (Å²) in [4.78, 5) is 11.7. The van der Waals surface area contributed by atoms with E-state index in [1.54, 1.807) is 0 Å². The van der Waals surface area contributed by atoms with Crippen molar-refractivity contribution in [2.24, 2.45) is 0 Å². The summed E-state index contributed by atoms with van der Waals surface area (Å²) in [5, 5.41) is 8.32. The monoisotopic (exact) mass is 255 g/mol. The number of hydrogen-bond donors (Lipinski definition) is 0. The van der Waals surface area contributed by atoms with Gasteiger partial charge in [-0.05, 0) is 0 Å². The third-order valence-corrected chi connectivity index (χ3v) is 2.56. The topological polar surface area (TPSA) is 73.8 Å². The molecule has 0 atom stereocenters. The van der Waals surface area contributed by atoms with Gasteiger partial charge in [-0.1, -0.05) is 23.2 Å². The molecule has 0 radical (unpaired) electrons. The second-order valence-electron chi connectivity index (χ2n) is 2.85. The van der Waals surface area contributed by atoms with Crippen LogP contribution in [-0.2, 0) is 0 Å². The molecule has 7 nitrogen and oxygen atoms in total. The zero-order chi connectivity index (χ0) is 11.1. The largest absolute Gasteiger partial charge is 0.255 e. The SMILES string of the molecule is Clc1nc2ncnn2c(Cl)c1-n1cncn1. The van der Waals surface area contributed by atoms with Crippen molar-refractivity contribution < 1.29 is 0 Å². The zero-order valence-corrected chi connectivity index (χ0v) is 9.13. The van der Waals surface area contributed by atoms with Gasteiger partial charge in [0, 0.05) is 0 Å². The summed E-state index contributed by atoms with van der Waals surface area (Å²) in [5.41, 5.74) is 0.416. The fraction of sp³-hybridized carbons (Fsp3) is 0. The minimum absolute atomic E-state index is 0.191. The molecule has 3 aromatic rings. The third-order valence-electron chi connectivity index (χ3n) is 1.95. The molecule has 0 N–H and O–H groups in total. The van der Waals surface area contributed by atoms with Crippen molar-refractivity contribution >= 4 is 29.0 Å². The van der Waals surface area contributed by atoms with Crippen molar-refractivity contribution in [2.75, 3.05) is 0 Å². The molecule has 0 spiro atoms. The lowest BCUT2D eigenvalue weighted by atomic mass is 10.5. The molecule has 9 heteroatoms. The lowest BCUT2D eigenvalue weighted by Crippen LogP contribution is -2.04. The first-order valence-corrected chi connectivity index (χ1v) is 4.92. The molecule has 16 heavy (non-hydrogen) atoms. The quantitative estimate of drug-likeness (QED) is 0.607. The third kappa shape index (κ3) is 1.25. The van der Waals surface area contributed by atoms with Gasteiger partial charge in [0.05, 0.1) is 0 Å². The number of rotatable bonds is 1. The summed E-state index contributed by atoms with van der Waals surface area (Å²) in [6.45, 7) is 0. The molecule has 0 amide bonds. The van der Waals surface area contributed by atoms with Crippen molar-refractivity contribution in [3.05, 3.63) is 29.3 Å². The maximum Gasteiger partial charge on any atom is 0.255 e. The van der Waals surface area contributed by atoms with Crippen LogP contribution in [0.2, 0.25) is 10.3 Å². The van der Waals surface area contributed by atoms with E-state index in [1.165, 1.54) is 28.2 Å². The Kier molecular flexibility index (Phi) is 2.01. The normalized spacial score (nSPS) is 11.1. The second kappa shape index (κ2) is 3.39. The zero-order valence-electron chi connectivity index (χ0n) is 7.62. The average Bonchev–Trinajstić information content (AvgIpc) is 2.87. The summed E-state index contributed by atoms with van der Waals surface area (Å²) in [6, 6.07) is 0. The predicted molar refractivity (Wildman–Crippen MR) is 55.7 cm³/mol. The van der Waals surface area contributed by atoms with Crippen LogP contribution in [0.25, 0.3) is 11.5 Å². The number of aromatic nitrogens is 7. The maximum atomic E-state index is 6.13. The van der Waals surface area contributed by atoms with E-state index in [0.717, 1.165) is 0 Å². The van der Waals surface area contributed by atoms with E-state index < -0.39 is 0 Å². The van der Waals surface area contributed by atoms with Gasteiger partial charge in [-0.3, -0.25) is 0 Å². The Labute approximate surface area is 98.7 Å². The number of nitrogens with zero attached hydrogens (tertiary/aromatic N) is 7. The first-order valence-electron chi connectivity index (χ1n) is 4.17. The van der Waals surface area contributed by atoms with Gasteiger partial charge in [0.2, 0.25) is 0 Å². The van der Waals surface area contributed by atoms with Crippen molar-refractivity contribution in [3.63, 3.8) is 0 Å². The summed E-state index contributed by atoms with van der Waals surface area (Å²) in [5.74, 6) is 0.332. The van der Waals surface area contributed by atoms with E-state index in [0.29, 0.717) is 11.5 Å². The fourth-order valence-corrected chi connectivity index (χ4v) is 1.88. The molecule has 80 valence electrons. The van der Waals surface area contributed by atoms with E-state index in [9.17, 15) is 0 Å². The highest BCUT2D eigenvalue weighted by molar-refractivity contribution is 6.36. The number of hydrogen-bond acceptors (Lipinski definition) is 5. The Bertz CT molecular complexity index is 644. The lowest BCUT2D eigenvalue weighted by molar-refractivity contribution is 0.840. The van der Waals surface area contributed by atoms with Crippen molar-refractivity contribution in [1.82, 2.24) is 34.3 Å². The summed E-state index contributed by atoms with van der Waals surface area (Å²) >= 11 is 12.1. The molecule has 0 saturated heterocycles. The van der Waals surface area contributed by atoms with E-state index in [2.05, 4.69) is 25.1 Å². The van der Waals surface area contributed by atoms with Crippen molar-refractivity contribution in [2.45, 2.75) is 0 Å². The van der Waals surface area contributed by atoms with Gasteiger partial charge in [-0.25, -0.2) is 9.67 Å². The van der Waals surface area contributed by atoms with Crippen molar-refractivity contribution in [1.29, 1.82) is 0 Å². The van der Waals surface area contributed by atoms with Crippen LogP contribution in [0, 0.1) is 0 Å². The van der Waals surface area contributed by atoms with E-state index in [4.69, 9.17) is 23.2 Å². The molecule has 0 aromatic carbocycles. The van der Waals surface area contributed by atoms with Gasteiger partial charge >= 0.3 is 0 Å². The molecule has 0 bridgehead atoms. The standard InChI is InChI=1S/C7H3Cl2N7/c8-5-4(15-3-10-1-12-15)6(9)16-7(14-5)11-2-13-16/h1-3H. The maximum absolute atomic E-state index is 6.13. The van der Waals surface area contributed by atoms with E-state index in [-0.39, 0.29) is 10.3 Å². The van der Waals surface area contributed by atoms with Crippen LogP contribution in [0.1, 0.15) is 0 Å². The van der Waals surface area contributed by atoms with Gasteiger partial charge in [-0.2, -0.15) is 24.7 Å². The van der Waals surface area contributed by atoms with Gasteiger partial charge < -0.3 is 0 Å². The molecule has 0 aliphatic rings. The average molecular weight is 256 g/mol. The highest BCUT2D eigenvalue weighted by Gasteiger charge is 2.15. The molecule has 3 heterocycles. The molecule has 0 unspecified atom stereocenters. The van der Waals surface area contributed by atoms with Crippen LogP contribution in [0.15, 0.2) is 19.0 Å². The van der Waals surface area contributed by atoms with Crippen LogP contribution in [0.4, 0.5) is 0 Å². The first-order chi connectivity index (χ1) is 7.77. The first kappa shape index (κ1) is 9.49. The second-order valence-corrected chi connectivity index (χ2v) is 3.57. The fourth-order valence-electron chi connectivity index (χ4n) is 1.29. The van der Waals surface area contributed by atoms with Crippen molar-refractivity contribution in [3.8, 4) is 5.69 Å². The van der Waals surface area contributed by atoms with E-state index >= 15 is 0 Å². The van der Waals surface area contributed by atoms with Gasteiger partial charge in [0.15, 0.2) is 10.3 Å². The van der Waals surface area contributed by atoms with Gasteiger partial charge in [-0.15, -0.1) is 0 Å². The molecule has 0 aliphatic carbocycles. The van der Waals surface area contributed by atoms with Crippen LogP contribution >= 0.6 is 23.2 Å². The molecule has 3 rings (SSSR count). The highest BCUT2D eigenvalue weighted by atomic mass is 35.5. The Morgan fingerprint density at radius 3 is 2.75 bits per heavy atom. The van der Waals surface area contributed by atoms with Crippen LogP contribution in [0.3, 0.4) is 0 Å². The summed E-state index contributed by atoms with van der Waals surface area (Å²) in [7, 11) is 0. The van der Waals surface area contributed by atoms with Crippen LogP contribution in [0.5, 0.6) is 0 Å².